The number of nitrogens with zero attached hydrogens (tertiary/aromatic N) is 3. The monoisotopic (exact) mass is 404 g/mol. The van der Waals surface area contributed by atoms with Gasteiger partial charge >= 0.3 is 6.03 Å². The molecule has 3 rings (SSSR count). The van der Waals surface area contributed by atoms with Crippen molar-refractivity contribution in [1.29, 1.82) is 0 Å². The molecular weight excluding hydrogens is 388 g/mol. The molecule has 7 nitrogen and oxygen atoms in total. The Balaban J connectivity index is 1.57. The molecule has 2 aromatic carbocycles. The summed E-state index contributed by atoms with van der Waals surface area (Å²) in [5, 5.41) is 13.6. The lowest BCUT2D eigenvalue weighted by Crippen LogP contribution is -2.50. The number of nitrogens with one attached hydrogen (secondary N) is 1. The molecule has 25 heavy (non-hydrogen) atoms. The van der Waals surface area contributed by atoms with E-state index in [-0.39, 0.29) is 11.7 Å². The summed E-state index contributed by atoms with van der Waals surface area (Å²) in [6.07, 6.45) is 0. The van der Waals surface area contributed by atoms with Gasteiger partial charge in [0.2, 0.25) is 0 Å². The lowest BCUT2D eigenvalue weighted by Gasteiger charge is -2.36. The highest BCUT2D eigenvalue weighted by Gasteiger charge is 2.22. The number of urea groups is 1. The van der Waals surface area contributed by atoms with Crippen molar-refractivity contribution in [3.05, 3.63) is 63.1 Å². The molecule has 2 aromatic rings. The summed E-state index contributed by atoms with van der Waals surface area (Å²) in [6, 6.07) is 13.8. The smallest absolute Gasteiger partial charge is 0.321 e. The van der Waals surface area contributed by atoms with Gasteiger partial charge in [-0.2, -0.15) is 0 Å². The standard InChI is InChI=1S/C17H17BrN4O3/c18-15-3-1-2-4-16(15)19-17(23)21-11-9-20(10-12-21)13-5-7-14(8-6-13)22(24)25/h1-8H,9-12H2,(H,19,23). The van der Waals surface area contributed by atoms with E-state index in [2.05, 4.69) is 26.1 Å². The van der Waals surface area contributed by atoms with Crippen molar-refractivity contribution < 1.29 is 9.72 Å². The van der Waals surface area contributed by atoms with Gasteiger partial charge in [0.05, 0.1) is 10.6 Å². The molecule has 1 heterocycles. The van der Waals surface area contributed by atoms with E-state index in [1.165, 1.54) is 12.1 Å². The van der Waals surface area contributed by atoms with Crippen LogP contribution in [0, 0.1) is 10.1 Å². The molecular formula is C17H17BrN4O3. The Morgan fingerprint density at radius 1 is 1.04 bits per heavy atom. The van der Waals surface area contributed by atoms with Crippen LogP contribution in [0.25, 0.3) is 0 Å². The van der Waals surface area contributed by atoms with Crippen molar-refractivity contribution in [3.63, 3.8) is 0 Å². The Morgan fingerprint density at radius 2 is 1.68 bits per heavy atom. The molecule has 1 aliphatic rings. The van der Waals surface area contributed by atoms with E-state index < -0.39 is 4.92 Å². The summed E-state index contributed by atoms with van der Waals surface area (Å²) in [5.74, 6) is 0. The van der Waals surface area contributed by atoms with Crippen molar-refractivity contribution in [2.75, 3.05) is 36.4 Å². The number of piperazine rings is 1. The summed E-state index contributed by atoms with van der Waals surface area (Å²) in [7, 11) is 0. The van der Waals surface area contributed by atoms with Crippen LogP contribution < -0.4 is 10.2 Å². The van der Waals surface area contributed by atoms with Crippen LogP contribution in [-0.2, 0) is 0 Å². The normalized spacial score (nSPS) is 14.3. The van der Waals surface area contributed by atoms with Gasteiger partial charge in [-0.1, -0.05) is 12.1 Å². The molecule has 0 spiro atoms. The molecule has 1 fully saturated rings. The number of benzene rings is 2. The van der Waals surface area contributed by atoms with E-state index in [0.717, 1.165) is 15.8 Å². The van der Waals surface area contributed by atoms with E-state index >= 15 is 0 Å². The first-order valence-electron chi connectivity index (χ1n) is 7.84. The zero-order valence-electron chi connectivity index (χ0n) is 13.4. The van der Waals surface area contributed by atoms with Crippen molar-refractivity contribution in [3.8, 4) is 0 Å². The van der Waals surface area contributed by atoms with Crippen molar-refractivity contribution in [1.82, 2.24) is 4.90 Å². The predicted octanol–water partition coefficient (Wildman–Crippen LogP) is 3.71. The second-order valence-electron chi connectivity index (χ2n) is 5.66. The van der Waals surface area contributed by atoms with Crippen molar-refractivity contribution in [2.45, 2.75) is 0 Å². The SMILES string of the molecule is O=C(Nc1ccccc1Br)N1CCN(c2ccc([N+](=O)[O-])cc2)CC1. The van der Waals surface area contributed by atoms with Crippen LogP contribution in [0.4, 0.5) is 21.9 Å². The Hall–Kier alpha value is -2.61. The first-order valence-corrected chi connectivity index (χ1v) is 8.64. The number of non-ortho nitro benzene ring substituents is 1. The molecule has 8 heteroatoms. The summed E-state index contributed by atoms with van der Waals surface area (Å²) in [5.41, 5.74) is 1.75. The van der Waals surface area contributed by atoms with Gasteiger partial charge in [0.15, 0.2) is 0 Å². The number of hydrogen-bond donors (Lipinski definition) is 1. The largest absolute Gasteiger partial charge is 0.368 e. The quantitative estimate of drug-likeness (QED) is 0.624. The number of nitro groups is 1. The molecule has 130 valence electrons. The third-order valence-corrected chi connectivity index (χ3v) is 4.80. The predicted molar refractivity (Wildman–Crippen MR) is 100 cm³/mol. The lowest BCUT2D eigenvalue weighted by atomic mass is 10.2. The first kappa shape index (κ1) is 17.2. The summed E-state index contributed by atoms with van der Waals surface area (Å²) >= 11 is 3.42. The molecule has 0 saturated carbocycles. The van der Waals surface area contributed by atoms with E-state index in [1.807, 2.05) is 24.3 Å². The molecule has 1 aliphatic heterocycles. The summed E-state index contributed by atoms with van der Waals surface area (Å²) in [4.78, 5) is 26.6. The van der Waals surface area contributed by atoms with Crippen LogP contribution in [0.1, 0.15) is 0 Å². The fourth-order valence-corrected chi connectivity index (χ4v) is 3.09. The number of hydrogen-bond acceptors (Lipinski definition) is 4. The Labute approximate surface area is 153 Å². The van der Waals surface area contributed by atoms with E-state index in [0.29, 0.717) is 26.2 Å². The molecule has 0 radical (unpaired) electrons. The van der Waals surface area contributed by atoms with Crippen LogP contribution in [0.2, 0.25) is 0 Å². The molecule has 1 saturated heterocycles. The number of nitro benzene ring substituents is 1. The minimum atomic E-state index is -0.409. The molecule has 0 aromatic heterocycles. The van der Waals surface area contributed by atoms with Crippen LogP contribution in [0.5, 0.6) is 0 Å². The van der Waals surface area contributed by atoms with Crippen molar-refractivity contribution in [2.24, 2.45) is 0 Å². The average molecular weight is 405 g/mol. The van der Waals surface area contributed by atoms with Crippen LogP contribution >= 0.6 is 15.9 Å². The van der Waals surface area contributed by atoms with Crippen molar-refractivity contribution >= 4 is 39.0 Å². The number of amides is 2. The Morgan fingerprint density at radius 3 is 2.28 bits per heavy atom. The molecule has 0 bridgehead atoms. The minimum absolute atomic E-state index is 0.0789. The number of rotatable bonds is 3. The molecule has 0 aliphatic carbocycles. The highest BCUT2D eigenvalue weighted by molar-refractivity contribution is 9.10. The average Bonchev–Trinajstić information content (AvgIpc) is 2.64. The first-order chi connectivity index (χ1) is 12.0. The number of carbonyl (C=O) groups excluding carboxylic acids is 1. The van der Waals surface area contributed by atoms with Gasteiger partial charge in [0.25, 0.3) is 5.69 Å². The maximum atomic E-state index is 12.4. The summed E-state index contributed by atoms with van der Waals surface area (Å²) in [6.45, 7) is 2.54. The van der Waals surface area contributed by atoms with Gasteiger partial charge in [-0.3, -0.25) is 10.1 Å². The number of halogens is 1. The Kier molecular flexibility index (Phi) is 5.18. The fourth-order valence-electron chi connectivity index (χ4n) is 2.71. The van der Waals surface area contributed by atoms with Gasteiger partial charge in [-0.15, -0.1) is 0 Å². The second kappa shape index (κ2) is 7.52. The maximum Gasteiger partial charge on any atom is 0.321 e. The lowest BCUT2D eigenvalue weighted by molar-refractivity contribution is -0.384. The van der Waals surface area contributed by atoms with Crippen LogP contribution in [0.3, 0.4) is 0 Å². The van der Waals surface area contributed by atoms with Gasteiger partial charge < -0.3 is 15.1 Å². The van der Waals surface area contributed by atoms with E-state index in [1.54, 1.807) is 17.0 Å². The van der Waals surface area contributed by atoms with Crippen LogP contribution in [0.15, 0.2) is 53.0 Å². The highest BCUT2D eigenvalue weighted by atomic mass is 79.9. The van der Waals surface area contributed by atoms with Gasteiger partial charge in [0.1, 0.15) is 0 Å². The minimum Gasteiger partial charge on any atom is -0.368 e. The third-order valence-electron chi connectivity index (χ3n) is 4.11. The van der Waals surface area contributed by atoms with Gasteiger partial charge in [-0.05, 0) is 40.2 Å². The molecule has 1 N–H and O–H groups in total. The Bertz CT molecular complexity index is 774. The fraction of sp³-hybridized carbons (Fsp3) is 0.235. The van der Waals surface area contributed by atoms with Crippen LogP contribution in [-0.4, -0.2) is 42.0 Å². The zero-order chi connectivity index (χ0) is 17.8. The molecule has 0 atom stereocenters. The van der Waals surface area contributed by atoms with E-state index in [9.17, 15) is 14.9 Å². The third kappa shape index (κ3) is 4.08. The number of carbonyl (C=O) groups is 1. The maximum absolute atomic E-state index is 12.4. The van der Waals surface area contributed by atoms with Gasteiger partial charge in [0, 0.05) is 48.5 Å². The number of para-hydroxylation sites is 1. The highest BCUT2D eigenvalue weighted by Crippen LogP contribution is 2.23. The molecule has 2 amide bonds. The topological polar surface area (TPSA) is 78.7 Å². The van der Waals surface area contributed by atoms with E-state index in [4.69, 9.17) is 0 Å². The zero-order valence-corrected chi connectivity index (χ0v) is 15.0. The second-order valence-corrected chi connectivity index (χ2v) is 6.51. The van der Waals surface area contributed by atoms with Gasteiger partial charge in [-0.25, -0.2) is 4.79 Å². The summed E-state index contributed by atoms with van der Waals surface area (Å²) < 4.78 is 0.841. The molecule has 0 unspecified atom stereocenters. The number of anilines is 2.